The minimum absolute atomic E-state index is 0.0282. The van der Waals surface area contributed by atoms with Crippen LogP contribution in [0.2, 0.25) is 5.02 Å². The first-order valence-electron chi connectivity index (χ1n) is 7.21. The molecule has 0 saturated carbocycles. The number of rotatable bonds is 1. The Morgan fingerprint density at radius 3 is 2.82 bits per heavy atom. The Morgan fingerprint density at radius 2 is 1.95 bits per heavy atom. The number of phenols is 1. The lowest BCUT2D eigenvalue weighted by molar-refractivity contribution is 0.475. The summed E-state index contributed by atoms with van der Waals surface area (Å²) in [5, 5.41) is 13.6. The third-order valence-electron chi connectivity index (χ3n) is 4.13. The van der Waals surface area contributed by atoms with E-state index in [4.69, 9.17) is 11.6 Å². The molecule has 2 aromatic carbocycles. The van der Waals surface area contributed by atoms with Gasteiger partial charge in [-0.2, -0.15) is 0 Å². The Kier molecular flexibility index (Phi) is 3.17. The molecule has 1 aromatic heterocycles. The third kappa shape index (κ3) is 2.10. The first kappa shape index (κ1) is 13.4. The maximum atomic E-state index is 9.64. The minimum Gasteiger partial charge on any atom is -0.506 e. The van der Waals surface area contributed by atoms with Crippen LogP contribution in [0.15, 0.2) is 60.8 Å². The molecular weight excluding hydrogens is 296 g/mol. The normalized spacial score (nSPS) is 16.7. The number of nitrogens with one attached hydrogen (secondary N) is 1. The van der Waals surface area contributed by atoms with E-state index in [0.717, 1.165) is 17.8 Å². The fourth-order valence-electron chi connectivity index (χ4n) is 3.05. The number of fused-ring (bicyclic) bond motifs is 3. The highest BCUT2D eigenvalue weighted by Crippen LogP contribution is 2.33. The molecule has 0 spiro atoms. The predicted molar refractivity (Wildman–Crippen MR) is 87.6 cm³/mol. The van der Waals surface area contributed by atoms with Crippen LogP contribution in [-0.4, -0.2) is 9.67 Å². The summed E-state index contributed by atoms with van der Waals surface area (Å²) in [6.45, 7) is 0.779. The Bertz CT molecular complexity index is 841. The smallest absolute Gasteiger partial charge is 0.134 e. The van der Waals surface area contributed by atoms with Gasteiger partial charge in [-0.25, -0.2) is 0 Å². The molecule has 1 aliphatic heterocycles. The second-order valence-corrected chi connectivity index (χ2v) is 5.86. The third-order valence-corrected chi connectivity index (χ3v) is 4.43. The highest BCUT2D eigenvalue weighted by atomic mass is 35.5. The molecule has 22 heavy (non-hydrogen) atoms. The average molecular weight is 311 g/mol. The van der Waals surface area contributed by atoms with Crippen molar-refractivity contribution in [1.29, 1.82) is 0 Å². The average Bonchev–Trinajstić information content (AvgIpc) is 2.95. The quantitative estimate of drug-likeness (QED) is 0.712. The van der Waals surface area contributed by atoms with Crippen molar-refractivity contribution in [3.8, 4) is 11.4 Å². The van der Waals surface area contributed by atoms with Gasteiger partial charge in [0.05, 0.1) is 11.1 Å². The molecule has 1 atom stereocenters. The standard InChI is InChI=1S/C18H15ClN2O/c19-14-10-12(7-8-17(14)22)18-16-6-3-9-21(16)15-5-2-1-4-13(15)11-20-18/h1-10,18,20,22H,11H2/t18-/m1/s1. The Labute approximate surface area is 133 Å². The topological polar surface area (TPSA) is 37.2 Å². The molecule has 0 aliphatic carbocycles. The summed E-state index contributed by atoms with van der Waals surface area (Å²) in [5.74, 6) is 0.109. The monoisotopic (exact) mass is 310 g/mol. The number of hydrogen-bond donors (Lipinski definition) is 2. The van der Waals surface area contributed by atoms with Crippen LogP contribution in [0.4, 0.5) is 0 Å². The Hall–Kier alpha value is -2.23. The molecule has 2 heterocycles. The van der Waals surface area contributed by atoms with E-state index in [-0.39, 0.29) is 11.8 Å². The predicted octanol–water partition coefficient (Wildman–Crippen LogP) is 4.03. The number of nitrogens with zero attached hydrogens (tertiary/aromatic N) is 1. The van der Waals surface area contributed by atoms with Crippen LogP contribution < -0.4 is 5.32 Å². The fourth-order valence-corrected chi connectivity index (χ4v) is 3.24. The van der Waals surface area contributed by atoms with Crippen molar-refractivity contribution in [2.75, 3.05) is 0 Å². The van der Waals surface area contributed by atoms with Crippen molar-refractivity contribution in [1.82, 2.24) is 9.88 Å². The number of phenolic OH excluding ortho intramolecular Hbond substituents is 1. The van der Waals surface area contributed by atoms with Crippen molar-refractivity contribution in [3.63, 3.8) is 0 Å². The zero-order valence-corrected chi connectivity index (χ0v) is 12.6. The van der Waals surface area contributed by atoms with Crippen molar-refractivity contribution in [2.24, 2.45) is 0 Å². The van der Waals surface area contributed by atoms with E-state index >= 15 is 0 Å². The molecule has 0 radical (unpaired) electrons. The summed E-state index contributed by atoms with van der Waals surface area (Å²) in [6.07, 6.45) is 2.08. The maximum absolute atomic E-state index is 9.64. The van der Waals surface area contributed by atoms with E-state index < -0.39 is 0 Å². The van der Waals surface area contributed by atoms with Gasteiger partial charge in [0.2, 0.25) is 0 Å². The zero-order chi connectivity index (χ0) is 15.1. The van der Waals surface area contributed by atoms with Gasteiger partial charge in [0.1, 0.15) is 5.75 Å². The highest BCUT2D eigenvalue weighted by Gasteiger charge is 2.23. The van der Waals surface area contributed by atoms with E-state index in [1.54, 1.807) is 6.07 Å². The van der Waals surface area contributed by atoms with E-state index in [9.17, 15) is 5.11 Å². The highest BCUT2D eigenvalue weighted by molar-refractivity contribution is 6.32. The molecular formula is C18H15ClN2O. The summed E-state index contributed by atoms with van der Waals surface area (Å²) < 4.78 is 2.21. The summed E-state index contributed by atoms with van der Waals surface area (Å²) in [7, 11) is 0. The van der Waals surface area contributed by atoms with Crippen molar-refractivity contribution < 1.29 is 5.11 Å². The number of halogens is 1. The van der Waals surface area contributed by atoms with E-state index in [1.807, 2.05) is 18.2 Å². The van der Waals surface area contributed by atoms with Gasteiger partial charge < -0.3 is 15.0 Å². The van der Waals surface area contributed by atoms with Crippen LogP contribution in [0, 0.1) is 0 Å². The molecule has 3 nitrogen and oxygen atoms in total. The zero-order valence-electron chi connectivity index (χ0n) is 11.8. The van der Waals surface area contributed by atoms with E-state index in [0.29, 0.717) is 5.02 Å². The van der Waals surface area contributed by atoms with Gasteiger partial charge >= 0.3 is 0 Å². The molecule has 1 aliphatic rings. The summed E-state index contributed by atoms with van der Waals surface area (Å²) in [4.78, 5) is 0. The molecule has 4 rings (SSSR count). The van der Waals surface area contributed by atoms with Crippen molar-refractivity contribution in [3.05, 3.63) is 82.6 Å². The molecule has 0 saturated heterocycles. The van der Waals surface area contributed by atoms with Gasteiger partial charge in [0.25, 0.3) is 0 Å². The largest absolute Gasteiger partial charge is 0.506 e. The molecule has 110 valence electrons. The van der Waals surface area contributed by atoms with Gasteiger partial charge in [-0.05, 0) is 41.5 Å². The second-order valence-electron chi connectivity index (χ2n) is 5.46. The SMILES string of the molecule is Oc1ccc([C@H]2NCc3ccccc3-n3cccc32)cc1Cl. The number of para-hydroxylation sites is 1. The number of benzene rings is 2. The molecule has 0 bridgehead atoms. The molecule has 2 N–H and O–H groups in total. The Balaban J connectivity index is 1.86. The van der Waals surface area contributed by atoms with Gasteiger partial charge in [0, 0.05) is 24.1 Å². The van der Waals surface area contributed by atoms with Crippen LogP contribution in [0.25, 0.3) is 5.69 Å². The number of aromatic hydroxyl groups is 1. The van der Waals surface area contributed by atoms with Crippen molar-refractivity contribution in [2.45, 2.75) is 12.6 Å². The number of hydrogen-bond acceptors (Lipinski definition) is 2. The fraction of sp³-hybridized carbons (Fsp3) is 0.111. The van der Waals surface area contributed by atoms with Crippen LogP contribution in [-0.2, 0) is 6.54 Å². The lowest BCUT2D eigenvalue weighted by atomic mass is 10.0. The Morgan fingerprint density at radius 1 is 1.09 bits per heavy atom. The van der Waals surface area contributed by atoms with E-state index in [1.165, 1.54) is 11.3 Å². The van der Waals surface area contributed by atoms with Crippen LogP contribution in [0.3, 0.4) is 0 Å². The summed E-state index contributed by atoms with van der Waals surface area (Å²) >= 11 is 6.08. The second kappa shape index (κ2) is 5.20. The number of aromatic nitrogens is 1. The van der Waals surface area contributed by atoms with Crippen LogP contribution in [0.5, 0.6) is 5.75 Å². The first-order valence-corrected chi connectivity index (χ1v) is 7.59. The minimum atomic E-state index is 0.0282. The van der Waals surface area contributed by atoms with Gasteiger partial charge in [-0.15, -0.1) is 0 Å². The van der Waals surface area contributed by atoms with Gasteiger partial charge in [-0.3, -0.25) is 0 Å². The lowest BCUT2D eigenvalue weighted by Crippen LogP contribution is -2.21. The van der Waals surface area contributed by atoms with Gasteiger partial charge in [-0.1, -0.05) is 35.9 Å². The molecule has 0 fully saturated rings. The molecule has 4 heteroatoms. The lowest BCUT2D eigenvalue weighted by Gasteiger charge is -2.18. The summed E-state index contributed by atoms with van der Waals surface area (Å²) in [5.41, 5.74) is 4.65. The summed E-state index contributed by atoms with van der Waals surface area (Å²) in [6, 6.07) is 17.9. The maximum Gasteiger partial charge on any atom is 0.134 e. The van der Waals surface area contributed by atoms with E-state index in [2.05, 4.69) is 46.4 Å². The molecule has 3 aromatic rings. The molecule has 0 amide bonds. The first-order chi connectivity index (χ1) is 10.7. The van der Waals surface area contributed by atoms with Gasteiger partial charge in [0.15, 0.2) is 0 Å². The van der Waals surface area contributed by atoms with Crippen LogP contribution >= 0.6 is 11.6 Å². The molecule has 0 unspecified atom stereocenters. The van der Waals surface area contributed by atoms with Crippen molar-refractivity contribution >= 4 is 11.6 Å². The van der Waals surface area contributed by atoms with Crippen LogP contribution in [0.1, 0.15) is 22.9 Å².